The fraction of sp³-hybridized carbons (Fsp3) is 0.625. The Balaban J connectivity index is 2.12. The fourth-order valence-electron chi connectivity index (χ4n) is 2.73. The molecule has 0 aliphatic carbocycles. The Hall–Kier alpha value is -1.19. The second-order valence-electron chi connectivity index (χ2n) is 5.52. The van der Waals surface area contributed by atoms with Crippen LogP contribution in [0.4, 0.5) is 0 Å². The lowest BCUT2D eigenvalue weighted by atomic mass is 10.0. The zero-order valence-electron chi connectivity index (χ0n) is 14.3. The van der Waals surface area contributed by atoms with Gasteiger partial charge < -0.3 is 9.47 Å². The Labute approximate surface area is 144 Å². The second kappa shape index (κ2) is 9.33. The summed E-state index contributed by atoms with van der Waals surface area (Å²) in [5, 5.41) is 0. The highest BCUT2D eigenvalue weighted by atomic mass is 32.2. The van der Waals surface area contributed by atoms with Crippen molar-refractivity contribution in [3.8, 4) is 5.75 Å². The number of nitrogens with zero attached hydrogens (tertiary/aromatic N) is 1. The number of hydrogen-bond donors (Lipinski definition) is 2. The van der Waals surface area contributed by atoms with Crippen LogP contribution in [0.3, 0.4) is 0 Å². The third kappa shape index (κ3) is 5.71. The first-order chi connectivity index (χ1) is 11.6. The minimum Gasteiger partial charge on any atom is -0.494 e. The zero-order chi connectivity index (χ0) is 17.4. The molecule has 1 heterocycles. The molecule has 2 rings (SSSR count). The number of hydrogen-bond acceptors (Lipinski definition) is 5. The molecule has 0 radical (unpaired) electrons. The molecule has 0 spiro atoms. The first-order valence-electron chi connectivity index (χ1n) is 8.34. The van der Waals surface area contributed by atoms with E-state index >= 15 is 0 Å². The Morgan fingerprint density at radius 3 is 2.42 bits per heavy atom. The molecule has 1 aliphatic rings. The van der Waals surface area contributed by atoms with Gasteiger partial charge in [-0.15, -0.1) is 0 Å². The molecule has 2 N–H and O–H groups in total. The van der Waals surface area contributed by atoms with Crippen LogP contribution in [0.5, 0.6) is 5.75 Å². The Kier molecular flexibility index (Phi) is 7.44. The molecule has 1 unspecified atom stereocenters. The monoisotopic (exact) mass is 357 g/mol. The van der Waals surface area contributed by atoms with Crippen molar-refractivity contribution < 1.29 is 17.9 Å². The smallest absolute Gasteiger partial charge is 0.276 e. The number of nitrogens with one attached hydrogen (secondary N) is 2. The van der Waals surface area contributed by atoms with Crippen molar-refractivity contribution in [2.45, 2.75) is 19.9 Å². The van der Waals surface area contributed by atoms with Gasteiger partial charge in [-0.25, -0.2) is 9.44 Å². The minimum absolute atomic E-state index is 0.0435. The van der Waals surface area contributed by atoms with Gasteiger partial charge in [0.2, 0.25) is 0 Å². The molecule has 1 saturated heterocycles. The molecule has 136 valence electrons. The highest BCUT2D eigenvalue weighted by Gasteiger charge is 2.24. The van der Waals surface area contributed by atoms with Crippen LogP contribution < -0.4 is 14.2 Å². The van der Waals surface area contributed by atoms with E-state index in [-0.39, 0.29) is 6.04 Å². The van der Waals surface area contributed by atoms with Crippen molar-refractivity contribution >= 4 is 10.2 Å². The summed E-state index contributed by atoms with van der Waals surface area (Å²) in [4.78, 5) is 2.24. The first-order valence-corrected chi connectivity index (χ1v) is 9.83. The molecule has 0 bridgehead atoms. The summed E-state index contributed by atoms with van der Waals surface area (Å²) >= 11 is 0. The van der Waals surface area contributed by atoms with E-state index in [2.05, 4.69) is 14.3 Å². The quantitative estimate of drug-likeness (QED) is 0.686. The maximum atomic E-state index is 11.9. The molecule has 0 amide bonds. The number of rotatable bonds is 9. The van der Waals surface area contributed by atoms with E-state index in [9.17, 15) is 8.42 Å². The van der Waals surface area contributed by atoms with Crippen LogP contribution in [0.2, 0.25) is 0 Å². The van der Waals surface area contributed by atoms with Gasteiger partial charge in [-0.2, -0.15) is 8.42 Å². The normalized spacial score (nSPS) is 17.6. The van der Waals surface area contributed by atoms with E-state index < -0.39 is 10.2 Å². The predicted octanol–water partition coefficient (Wildman–Crippen LogP) is 0.903. The van der Waals surface area contributed by atoms with Gasteiger partial charge in [-0.3, -0.25) is 4.90 Å². The molecule has 8 heteroatoms. The highest BCUT2D eigenvalue weighted by Crippen LogP contribution is 2.24. The van der Waals surface area contributed by atoms with Crippen LogP contribution in [0.15, 0.2) is 24.3 Å². The number of ether oxygens (including phenoxy) is 2. The van der Waals surface area contributed by atoms with Crippen LogP contribution >= 0.6 is 0 Å². The molecular formula is C16H27N3O4S. The van der Waals surface area contributed by atoms with E-state index in [0.29, 0.717) is 32.9 Å². The SMILES string of the molecule is CCNS(=O)(=O)NCC(c1ccc(OCC)cc1)N1CCOCC1. The second-order valence-corrected chi connectivity index (χ2v) is 7.10. The van der Waals surface area contributed by atoms with E-state index in [1.54, 1.807) is 6.92 Å². The lowest BCUT2D eigenvalue weighted by Crippen LogP contribution is -2.45. The van der Waals surface area contributed by atoms with Gasteiger partial charge >= 0.3 is 0 Å². The zero-order valence-corrected chi connectivity index (χ0v) is 15.1. The molecule has 1 atom stereocenters. The molecule has 1 fully saturated rings. The van der Waals surface area contributed by atoms with Crippen LogP contribution in [-0.4, -0.2) is 59.3 Å². The van der Waals surface area contributed by atoms with Gasteiger partial charge in [0.25, 0.3) is 10.2 Å². The molecule has 0 saturated carbocycles. The fourth-order valence-corrected chi connectivity index (χ4v) is 3.59. The average Bonchev–Trinajstić information content (AvgIpc) is 2.57. The predicted molar refractivity (Wildman–Crippen MR) is 93.3 cm³/mol. The molecule has 24 heavy (non-hydrogen) atoms. The van der Waals surface area contributed by atoms with Crippen molar-refractivity contribution in [3.63, 3.8) is 0 Å². The lowest BCUT2D eigenvalue weighted by molar-refractivity contribution is 0.0172. The summed E-state index contributed by atoms with van der Waals surface area (Å²) in [5.74, 6) is 0.815. The highest BCUT2D eigenvalue weighted by molar-refractivity contribution is 7.87. The third-order valence-corrected chi connectivity index (χ3v) is 5.08. The first kappa shape index (κ1) is 19.1. The number of morpholine rings is 1. The average molecular weight is 357 g/mol. The van der Waals surface area contributed by atoms with Gasteiger partial charge in [-0.05, 0) is 24.6 Å². The molecule has 1 aromatic carbocycles. The maximum absolute atomic E-state index is 11.9. The van der Waals surface area contributed by atoms with Gasteiger partial charge in [-0.1, -0.05) is 19.1 Å². The third-order valence-electron chi connectivity index (χ3n) is 3.86. The van der Waals surface area contributed by atoms with Crippen LogP contribution in [0.25, 0.3) is 0 Å². The van der Waals surface area contributed by atoms with Crippen molar-refractivity contribution in [1.29, 1.82) is 0 Å². The molecule has 7 nitrogen and oxygen atoms in total. The lowest BCUT2D eigenvalue weighted by Gasteiger charge is -2.35. The van der Waals surface area contributed by atoms with E-state index in [4.69, 9.17) is 9.47 Å². The van der Waals surface area contributed by atoms with Crippen molar-refractivity contribution in [2.24, 2.45) is 0 Å². The van der Waals surface area contributed by atoms with E-state index in [0.717, 1.165) is 24.4 Å². The largest absolute Gasteiger partial charge is 0.494 e. The van der Waals surface area contributed by atoms with E-state index in [1.807, 2.05) is 31.2 Å². The summed E-state index contributed by atoms with van der Waals surface area (Å²) in [6.45, 7) is 7.87. The van der Waals surface area contributed by atoms with Gasteiger partial charge in [0.05, 0.1) is 19.8 Å². The molecule has 0 aromatic heterocycles. The summed E-state index contributed by atoms with van der Waals surface area (Å²) < 4.78 is 39.8. The van der Waals surface area contributed by atoms with Crippen molar-refractivity contribution in [3.05, 3.63) is 29.8 Å². The van der Waals surface area contributed by atoms with Gasteiger partial charge in [0.15, 0.2) is 0 Å². The van der Waals surface area contributed by atoms with Gasteiger partial charge in [0, 0.05) is 32.2 Å². The van der Waals surface area contributed by atoms with Crippen molar-refractivity contribution in [2.75, 3.05) is 46.0 Å². The van der Waals surface area contributed by atoms with E-state index in [1.165, 1.54) is 0 Å². The van der Waals surface area contributed by atoms with Gasteiger partial charge in [0.1, 0.15) is 5.75 Å². The summed E-state index contributed by atoms with van der Waals surface area (Å²) in [5.41, 5.74) is 1.06. The van der Waals surface area contributed by atoms with Crippen molar-refractivity contribution in [1.82, 2.24) is 14.3 Å². The summed E-state index contributed by atoms with van der Waals surface area (Å²) in [6.07, 6.45) is 0. The maximum Gasteiger partial charge on any atom is 0.276 e. The van der Waals surface area contributed by atoms with Crippen LogP contribution in [-0.2, 0) is 14.9 Å². The Bertz CT molecular complexity index is 586. The standard InChI is InChI=1S/C16H27N3O4S/c1-3-17-24(20,21)18-13-16(19-9-11-22-12-10-19)14-5-7-15(8-6-14)23-4-2/h5-8,16-18H,3-4,9-13H2,1-2H3. The number of benzene rings is 1. The Morgan fingerprint density at radius 2 is 1.83 bits per heavy atom. The Morgan fingerprint density at radius 1 is 1.17 bits per heavy atom. The topological polar surface area (TPSA) is 79.9 Å². The van der Waals surface area contributed by atoms with Crippen LogP contribution in [0, 0.1) is 0 Å². The van der Waals surface area contributed by atoms with Crippen LogP contribution in [0.1, 0.15) is 25.5 Å². The molecule has 1 aromatic rings. The summed E-state index contributed by atoms with van der Waals surface area (Å²) in [6, 6.07) is 7.79. The summed E-state index contributed by atoms with van der Waals surface area (Å²) in [7, 11) is -3.47. The minimum atomic E-state index is -3.47. The molecule has 1 aliphatic heterocycles. The molecular weight excluding hydrogens is 330 g/mol.